The summed E-state index contributed by atoms with van der Waals surface area (Å²) in [6.07, 6.45) is 9.03. The Morgan fingerprint density at radius 1 is 1.24 bits per heavy atom. The van der Waals surface area contributed by atoms with Crippen molar-refractivity contribution in [2.75, 3.05) is 27.4 Å². The van der Waals surface area contributed by atoms with Crippen molar-refractivity contribution in [3.05, 3.63) is 63.1 Å². The van der Waals surface area contributed by atoms with Gasteiger partial charge in [0.15, 0.2) is 5.82 Å². The molecule has 7 nitrogen and oxygen atoms in total. The summed E-state index contributed by atoms with van der Waals surface area (Å²) in [6.45, 7) is 13.1. The molecule has 0 aromatic carbocycles. The maximum Gasteiger partial charge on any atom is 0.341 e. The van der Waals surface area contributed by atoms with Crippen LogP contribution in [-0.2, 0) is 9.47 Å². The molecule has 0 saturated carbocycles. The molecule has 1 aliphatic carbocycles. The second-order valence-electron chi connectivity index (χ2n) is 10.6. The van der Waals surface area contributed by atoms with Gasteiger partial charge in [0.1, 0.15) is 11.3 Å². The molecule has 206 valence electrons. The van der Waals surface area contributed by atoms with Gasteiger partial charge in [-0.2, -0.15) is 0 Å². The van der Waals surface area contributed by atoms with Gasteiger partial charge in [-0.25, -0.2) is 9.18 Å². The number of carboxylic acids is 1. The summed E-state index contributed by atoms with van der Waals surface area (Å²) in [4.78, 5) is 24.9. The van der Waals surface area contributed by atoms with E-state index in [-0.39, 0.29) is 29.1 Å². The number of rotatable bonds is 12. The highest BCUT2D eigenvalue weighted by Crippen LogP contribution is 2.40. The van der Waals surface area contributed by atoms with E-state index in [4.69, 9.17) is 9.47 Å². The predicted octanol–water partition coefficient (Wildman–Crippen LogP) is 5.58. The van der Waals surface area contributed by atoms with Gasteiger partial charge in [-0.05, 0) is 48.4 Å². The normalized spacial score (nSPS) is 18.8. The Labute approximate surface area is 220 Å². The summed E-state index contributed by atoms with van der Waals surface area (Å²) in [5.41, 5.74) is -0.392. The van der Waals surface area contributed by atoms with E-state index in [9.17, 15) is 14.7 Å². The van der Waals surface area contributed by atoms with Crippen LogP contribution in [0.15, 0.2) is 40.6 Å². The molecule has 2 rings (SSSR count). The molecule has 1 aliphatic rings. The summed E-state index contributed by atoms with van der Waals surface area (Å²) in [5.74, 6) is -1.91. The first-order chi connectivity index (χ1) is 17.4. The van der Waals surface area contributed by atoms with Crippen LogP contribution >= 0.6 is 0 Å². The molecule has 0 bridgehead atoms. The molecular weight excluding hydrogens is 475 g/mol. The lowest BCUT2D eigenvalue weighted by Crippen LogP contribution is -2.35. The molecule has 37 heavy (non-hydrogen) atoms. The molecule has 1 aromatic heterocycles. The maximum absolute atomic E-state index is 16.2. The quantitative estimate of drug-likeness (QED) is 0.351. The third-order valence-electron chi connectivity index (χ3n) is 6.98. The molecule has 0 radical (unpaired) electrons. The van der Waals surface area contributed by atoms with Gasteiger partial charge in [0.25, 0.3) is 0 Å². The zero-order chi connectivity index (χ0) is 27.9. The lowest BCUT2D eigenvalue weighted by Gasteiger charge is -2.37. The van der Waals surface area contributed by atoms with Gasteiger partial charge in [0, 0.05) is 32.4 Å². The number of carbonyl (C=O) groups is 1. The molecule has 2 N–H and O–H groups in total. The van der Waals surface area contributed by atoms with Crippen molar-refractivity contribution in [1.29, 1.82) is 0 Å². The Kier molecular flexibility index (Phi) is 10.9. The summed E-state index contributed by atoms with van der Waals surface area (Å²) < 4.78 is 29.0. The van der Waals surface area contributed by atoms with Crippen molar-refractivity contribution in [2.45, 2.75) is 72.9 Å². The van der Waals surface area contributed by atoms with Crippen LogP contribution in [0.5, 0.6) is 0 Å². The SMILES string of the molecule is CCC(C)/C(=C1/C=CC=C(OCCCOC)C1NC)c1c(F)c(=O)c(C(=O)O)cn1C(CC)C(C)(C)C. The van der Waals surface area contributed by atoms with E-state index in [1.54, 1.807) is 11.7 Å². The first-order valence-electron chi connectivity index (χ1n) is 13.0. The van der Waals surface area contributed by atoms with E-state index >= 15 is 4.39 Å². The molecule has 0 amide bonds. The van der Waals surface area contributed by atoms with E-state index < -0.39 is 22.8 Å². The van der Waals surface area contributed by atoms with Gasteiger partial charge >= 0.3 is 5.97 Å². The number of nitrogens with zero attached hydrogens (tertiary/aromatic N) is 1. The fraction of sp³-hybridized carbons (Fsp3) is 0.586. The minimum atomic E-state index is -1.44. The Hall–Kier alpha value is -2.71. The number of halogens is 1. The molecule has 0 aliphatic heterocycles. The molecule has 1 aromatic rings. The molecule has 1 heterocycles. The lowest BCUT2D eigenvalue weighted by atomic mass is 9.81. The van der Waals surface area contributed by atoms with Gasteiger partial charge in [0.2, 0.25) is 5.43 Å². The molecule has 8 heteroatoms. The van der Waals surface area contributed by atoms with Crippen LogP contribution in [-0.4, -0.2) is 49.1 Å². The number of ether oxygens (including phenoxy) is 2. The number of carboxylic acid groups (broad SMARTS) is 1. The monoisotopic (exact) mass is 518 g/mol. The third kappa shape index (κ3) is 6.79. The third-order valence-corrected chi connectivity index (χ3v) is 6.98. The van der Waals surface area contributed by atoms with Gasteiger partial charge < -0.3 is 24.5 Å². The molecule has 0 fully saturated rings. The van der Waals surface area contributed by atoms with Crippen molar-refractivity contribution in [3.63, 3.8) is 0 Å². The topological polar surface area (TPSA) is 89.8 Å². The van der Waals surface area contributed by atoms with E-state index in [2.05, 4.69) is 5.32 Å². The number of hydrogen-bond donors (Lipinski definition) is 2. The predicted molar refractivity (Wildman–Crippen MR) is 145 cm³/mol. The fourth-order valence-corrected chi connectivity index (χ4v) is 5.00. The number of allylic oxidation sites excluding steroid dienone is 3. The molecular formula is C29H43FN2O5. The highest BCUT2D eigenvalue weighted by atomic mass is 19.1. The Morgan fingerprint density at radius 2 is 1.92 bits per heavy atom. The molecule has 3 unspecified atom stereocenters. The average molecular weight is 519 g/mol. The summed E-state index contributed by atoms with van der Waals surface area (Å²) in [7, 11) is 3.45. The smallest absolute Gasteiger partial charge is 0.341 e. The van der Waals surface area contributed by atoms with Crippen LogP contribution in [0, 0.1) is 17.2 Å². The van der Waals surface area contributed by atoms with E-state index in [1.807, 2.05) is 66.8 Å². The van der Waals surface area contributed by atoms with Gasteiger partial charge in [-0.3, -0.25) is 4.79 Å². The molecule has 0 saturated heterocycles. The van der Waals surface area contributed by atoms with Crippen LogP contribution in [0.2, 0.25) is 0 Å². The first-order valence-corrected chi connectivity index (χ1v) is 13.0. The summed E-state index contributed by atoms with van der Waals surface area (Å²) >= 11 is 0. The highest BCUT2D eigenvalue weighted by molar-refractivity contribution is 5.87. The van der Waals surface area contributed by atoms with Crippen molar-refractivity contribution in [2.24, 2.45) is 11.3 Å². The number of pyridine rings is 1. The van der Waals surface area contributed by atoms with Crippen LogP contribution < -0.4 is 10.7 Å². The van der Waals surface area contributed by atoms with Crippen molar-refractivity contribution < 1.29 is 23.8 Å². The van der Waals surface area contributed by atoms with Gasteiger partial charge in [-0.15, -0.1) is 0 Å². The minimum absolute atomic E-state index is 0.128. The minimum Gasteiger partial charge on any atom is -0.496 e. The second kappa shape index (κ2) is 13.2. The lowest BCUT2D eigenvalue weighted by molar-refractivity contribution is 0.0692. The zero-order valence-electron chi connectivity index (χ0n) is 23.5. The van der Waals surface area contributed by atoms with Gasteiger partial charge in [-0.1, -0.05) is 53.7 Å². The number of aromatic carboxylic acids is 1. The number of hydrogen-bond acceptors (Lipinski definition) is 5. The maximum atomic E-state index is 16.2. The second-order valence-corrected chi connectivity index (χ2v) is 10.6. The molecule has 3 atom stereocenters. The standard InChI is InChI=1S/C29H43FN2O5/c1-9-18(3)23(19-13-11-14-21(25(19)31-7)37-16-12-15-36-8)26-24(30)27(33)20(28(34)35)17-32(26)22(10-2)29(4,5)6/h11,13-14,17-18,22,25,31H,9-10,12,15-16H2,1-8H3,(H,34,35)/b23-19+. The number of methoxy groups -OCH3 is 1. The van der Waals surface area contributed by atoms with Crippen LogP contribution in [0.4, 0.5) is 4.39 Å². The fourth-order valence-electron chi connectivity index (χ4n) is 5.00. The van der Waals surface area contributed by atoms with Crippen LogP contribution in [0.3, 0.4) is 0 Å². The van der Waals surface area contributed by atoms with E-state index in [1.165, 1.54) is 6.20 Å². The Morgan fingerprint density at radius 3 is 2.43 bits per heavy atom. The zero-order valence-corrected chi connectivity index (χ0v) is 23.5. The first kappa shape index (κ1) is 30.5. The van der Waals surface area contributed by atoms with Crippen LogP contribution in [0.1, 0.15) is 82.9 Å². The van der Waals surface area contributed by atoms with Gasteiger partial charge in [0.05, 0.1) is 18.3 Å². The number of likely N-dealkylation sites (N-methyl/N-ethyl adjacent to an activating group) is 1. The van der Waals surface area contributed by atoms with E-state index in [0.717, 1.165) is 12.0 Å². The number of aromatic nitrogens is 1. The van der Waals surface area contributed by atoms with Crippen LogP contribution in [0.25, 0.3) is 5.57 Å². The molecule has 0 spiro atoms. The number of nitrogens with one attached hydrogen (secondary N) is 1. The summed E-state index contributed by atoms with van der Waals surface area (Å²) in [6, 6.07) is -0.621. The van der Waals surface area contributed by atoms with Crippen molar-refractivity contribution >= 4 is 11.5 Å². The Balaban J connectivity index is 2.91. The van der Waals surface area contributed by atoms with Crippen molar-refractivity contribution in [3.8, 4) is 0 Å². The van der Waals surface area contributed by atoms with E-state index in [0.29, 0.717) is 37.4 Å². The van der Waals surface area contributed by atoms with Crippen molar-refractivity contribution in [1.82, 2.24) is 9.88 Å². The Bertz CT molecular complexity index is 1110. The average Bonchev–Trinajstić information content (AvgIpc) is 2.84. The highest BCUT2D eigenvalue weighted by Gasteiger charge is 2.34. The largest absolute Gasteiger partial charge is 0.496 e. The summed E-state index contributed by atoms with van der Waals surface area (Å²) in [5, 5.41) is 13.0.